The predicted octanol–water partition coefficient (Wildman–Crippen LogP) is 3.16. The Morgan fingerprint density at radius 1 is 1.40 bits per heavy atom. The maximum atomic E-state index is 11.7. The Bertz CT molecular complexity index is 298. The summed E-state index contributed by atoms with van der Waals surface area (Å²) in [5.74, 6) is -0.219. The van der Waals surface area contributed by atoms with E-state index in [0.29, 0.717) is 6.61 Å². The molecule has 0 N–H and O–H groups in total. The van der Waals surface area contributed by atoms with Gasteiger partial charge in [-0.25, -0.2) is 0 Å². The first-order valence-corrected chi connectivity index (χ1v) is 6.59. The zero-order chi connectivity index (χ0) is 11.1. The van der Waals surface area contributed by atoms with Gasteiger partial charge in [-0.3, -0.25) is 4.79 Å². The van der Waals surface area contributed by atoms with Gasteiger partial charge in [0.2, 0.25) is 0 Å². The predicted molar refractivity (Wildman–Crippen MR) is 69.3 cm³/mol. The van der Waals surface area contributed by atoms with Gasteiger partial charge in [-0.05, 0) is 18.9 Å². The number of hydrogen-bond donors (Lipinski definition) is 0. The fourth-order valence-electron chi connectivity index (χ4n) is 1.46. The number of alkyl halides is 1. The molecule has 82 valence electrons. The Hall–Kier alpha value is -0.580. The van der Waals surface area contributed by atoms with E-state index in [4.69, 9.17) is 4.74 Å². The zero-order valence-electron chi connectivity index (χ0n) is 8.78. The van der Waals surface area contributed by atoms with Gasteiger partial charge in [-0.15, -0.1) is 0 Å². The van der Waals surface area contributed by atoms with Crippen LogP contribution in [0.25, 0.3) is 0 Å². The second-order valence-electron chi connectivity index (χ2n) is 3.19. The van der Waals surface area contributed by atoms with E-state index in [1.165, 1.54) is 0 Å². The number of esters is 1. The zero-order valence-corrected chi connectivity index (χ0v) is 10.9. The van der Waals surface area contributed by atoms with E-state index in [-0.39, 0.29) is 11.9 Å². The summed E-state index contributed by atoms with van der Waals surface area (Å²) in [6.07, 6.45) is 0.837. The van der Waals surface area contributed by atoms with Crippen molar-refractivity contribution in [2.45, 2.75) is 19.3 Å². The average Bonchev–Trinajstić information content (AvgIpc) is 2.27. The number of halogens is 1. The fraction of sp³-hybridized carbons (Fsp3) is 0.417. The molecule has 1 aromatic carbocycles. The standard InChI is InChI=1S/C12H15IO2/c1-2-15-12(14)11(8-9-13)10-6-4-3-5-7-10/h3-7,11H,2,8-9H2,1H3. The lowest BCUT2D eigenvalue weighted by Gasteiger charge is -2.14. The van der Waals surface area contributed by atoms with Crippen molar-refractivity contribution in [3.05, 3.63) is 35.9 Å². The molecule has 0 aliphatic heterocycles. The number of hydrogen-bond acceptors (Lipinski definition) is 2. The first kappa shape index (κ1) is 12.5. The average molecular weight is 318 g/mol. The summed E-state index contributed by atoms with van der Waals surface area (Å²) in [5.41, 5.74) is 1.05. The van der Waals surface area contributed by atoms with Crippen LogP contribution in [0.5, 0.6) is 0 Å². The van der Waals surface area contributed by atoms with Crippen molar-refractivity contribution in [1.29, 1.82) is 0 Å². The Labute approximate surface area is 104 Å². The molecular formula is C12H15IO2. The third kappa shape index (κ3) is 3.81. The van der Waals surface area contributed by atoms with E-state index in [1.807, 2.05) is 37.3 Å². The number of ether oxygens (including phenoxy) is 1. The van der Waals surface area contributed by atoms with Crippen LogP contribution < -0.4 is 0 Å². The molecular weight excluding hydrogens is 303 g/mol. The number of carbonyl (C=O) groups excluding carboxylic acids is 1. The second kappa shape index (κ2) is 6.82. The van der Waals surface area contributed by atoms with Gasteiger partial charge >= 0.3 is 5.97 Å². The van der Waals surface area contributed by atoms with Crippen LogP contribution in [-0.4, -0.2) is 17.0 Å². The summed E-state index contributed by atoms with van der Waals surface area (Å²) >= 11 is 2.28. The van der Waals surface area contributed by atoms with E-state index in [1.54, 1.807) is 0 Å². The molecule has 0 aromatic heterocycles. The van der Waals surface area contributed by atoms with E-state index in [0.717, 1.165) is 16.4 Å². The minimum atomic E-state index is -0.111. The molecule has 0 saturated heterocycles. The monoisotopic (exact) mass is 318 g/mol. The smallest absolute Gasteiger partial charge is 0.313 e. The van der Waals surface area contributed by atoms with Crippen molar-refractivity contribution in [3.63, 3.8) is 0 Å². The number of benzene rings is 1. The summed E-state index contributed by atoms with van der Waals surface area (Å²) in [7, 11) is 0. The maximum absolute atomic E-state index is 11.7. The van der Waals surface area contributed by atoms with Crippen LogP contribution >= 0.6 is 22.6 Å². The van der Waals surface area contributed by atoms with Crippen molar-refractivity contribution in [1.82, 2.24) is 0 Å². The lowest BCUT2D eigenvalue weighted by Crippen LogP contribution is -2.16. The Kier molecular flexibility index (Phi) is 5.68. The van der Waals surface area contributed by atoms with Gasteiger partial charge in [0.25, 0.3) is 0 Å². The van der Waals surface area contributed by atoms with Crippen molar-refractivity contribution >= 4 is 28.6 Å². The summed E-state index contributed by atoms with van der Waals surface area (Å²) in [5, 5.41) is 0. The highest BCUT2D eigenvalue weighted by molar-refractivity contribution is 14.1. The van der Waals surface area contributed by atoms with E-state index in [2.05, 4.69) is 22.6 Å². The van der Waals surface area contributed by atoms with Crippen molar-refractivity contribution in [3.8, 4) is 0 Å². The highest BCUT2D eigenvalue weighted by Gasteiger charge is 2.20. The molecule has 0 spiro atoms. The van der Waals surface area contributed by atoms with Gasteiger partial charge in [0.15, 0.2) is 0 Å². The molecule has 0 saturated carbocycles. The van der Waals surface area contributed by atoms with Crippen molar-refractivity contribution in [2.24, 2.45) is 0 Å². The lowest BCUT2D eigenvalue weighted by atomic mass is 9.97. The number of carbonyl (C=O) groups is 1. The van der Waals surface area contributed by atoms with Gasteiger partial charge in [0.1, 0.15) is 0 Å². The van der Waals surface area contributed by atoms with Gasteiger partial charge < -0.3 is 4.74 Å². The molecule has 0 aliphatic carbocycles. The highest BCUT2D eigenvalue weighted by Crippen LogP contribution is 2.22. The molecule has 1 rings (SSSR count). The molecule has 1 atom stereocenters. The summed E-state index contributed by atoms with van der Waals surface area (Å²) in [4.78, 5) is 11.7. The summed E-state index contributed by atoms with van der Waals surface area (Å²) in [6, 6.07) is 9.82. The van der Waals surface area contributed by atoms with Crippen molar-refractivity contribution in [2.75, 3.05) is 11.0 Å². The van der Waals surface area contributed by atoms with Crippen LogP contribution in [0.1, 0.15) is 24.8 Å². The molecule has 0 fully saturated rings. The molecule has 2 nitrogen and oxygen atoms in total. The lowest BCUT2D eigenvalue weighted by molar-refractivity contribution is -0.145. The maximum Gasteiger partial charge on any atom is 0.313 e. The summed E-state index contributed by atoms with van der Waals surface area (Å²) in [6.45, 7) is 2.29. The molecule has 1 unspecified atom stereocenters. The van der Waals surface area contributed by atoms with E-state index in [9.17, 15) is 4.79 Å². The molecule has 3 heteroatoms. The minimum absolute atomic E-state index is 0.108. The SMILES string of the molecule is CCOC(=O)C(CCI)c1ccccc1. The molecule has 15 heavy (non-hydrogen) atoms. The van der Waals surface area contributed by atoms with Crippen molar-refractivity contribution < 1.29 is 9.53 Å². The summed E-state index contributed by atoms with van der Waals surface area (Å²) < 4.78 is 6.02. The molecule has 0 radical (unpaired) electrons. The first-order chi connectivity index (χ1) is 7.29. The highest BCUT2D eigenvalue weighted by atomic mass is 127. The molecule has 0 aliphatic rings. The second-order valence-corrected chi connectivity index (χ2v) is 4.27. The van der Waals surface area contributed by atoms with Crippen LogP contribution in [0.15, 0.2) is 30.3 Å². The Balaban J connectivity index is 2.78. The topological polar surface area (TPSA) is 26.3 Å². The first-order valence-electron chi connectivity index (χ1n) is 5.07. The third-order valence-corrected chi connectivity index (χ3v) is 2.79. The third-order valence-electron chi connectivity index (χ3n) is 2.17. The normalized spacial score (nSPS) is 12.1. The van der Waals surface area contributed by atoms with Crippen LogP contribution in [-0.2, 0) is 9.53 Å². The fourth-order valence-corrected chi connectivity index (χ4v) is 2.08. The Morgan fingerprint density at radius 2 is 2.07 bits per heavy atom. The quantitative estimate of drug-likeness (QED) is 0.474. The van der Waals surface area contributed by atoms with E-state index >= 15 is 0 Å². The van der Waals surface area contributed by atoms with Gasteiger partial charge in [0, 0.05) is 4.43 Å². The van der Waals surface area contributed by atoms with Gasteiger partial charge in [0.05, 0.1) is 12.5 Å². The molecule has 0 amide bonds. The van der Waals surface area contributed by atoms with Gasteiger partial charge in [-0.1, -0.05) is 52.9 Å². The van der Waals surface area contributed by atoms with Crippen LogP contribution in [0.3, 0.4) is 0 Å². The minimum Gasteiger partial charge on any atom is -0.466 e. The van der Waals surface area contributed by atoms with Crippen LogP contribution in [0.4, 0.5) is 0 Å². The molecule has 1 aromatic rings. The molecule has 0 heterocycles. The van der Waals surface area contributed by atoms with Crippen LogP contribution in [0, 0.1) is 0 Å². The Morgan fingerprint density at radius 3 is 2.60 bits per heavy atom. The largest absolute Gasteiger partial charge is 0.466 e. The van der Waals surface area contributed by atoms with E-state index < -0.39 is 0 Å². The van der Waals surface area contributed by atoms with Crippen LogP contribution in [0.2, 0.25) is 0 Å². The van der Waals surface area contributed by atoms with Gasteiger partial charge in [-0.2, -0.15) is 0 Å². The molecule has 0 bridgehead atoms. The number of rotatable bonds is 5.